The number of aromatic amines is 1. The molecular formula is C15H12N4S. The lowest BCUT2D eigenvalue weighted by molar-refractivity contribution is 1.08. The minimum atomic E-state index is 0.701. The zero-order valence-electron chi connectivity index (χ0n) is 10.8. The number of nitrogens with one attached hydrogen (secondary N) is 1. The van der Waals surface area contributed by atoms with Crippen molar-refractivity contribution >= 4 is 28.5 Å². The zero-order chi connectivity index (χ0) is 14.1. The predicted molar refractivity (Wildman–Crippen MR) is 80.5 cm³/mol. The first-order chi connectivity index (χ1) is 9.65. The molecule has 5 heteroatoms. The SMILES string of the molecule is Cc1cc(Sc2nc3ccc(N)cc3[nH]2)ccc1C#N. The first kappa shape index (κ1) is 12.6. The summed E-state index contributed by atoms with van der Waals surface area (Å²) in [6.45, 7) is 1.93. The summed E-state index contributed by atoms with van der Waals surface area (Å²) in [7, 11) is 0. The number of nitrogen functional groups attached to an aromatic ring is 1. The van der Waals surface area contributed by atoms with Crippen LogP contribution in [0.15, 0.2) is 46.5 Å². The van der Waals surface area contributed by atoms with E-state index in [1.807, 2.05) is 43.3 Å². The molecule has 3 rings (SSSR count). The van der Waals surface area contributed by atoms with E-state index in [0.717, 1.165) is 26.6 Å². The molecule has 0 atom stereocenters. The summed E-state index contributed by atoms with van der Waals surface area (Å²) in [5.41, 5.74) is 9.96. The number of benzene rings is 2. The third-order valence-electron chi connectivity index (χ3n) is 3.02. The van der Waals surface area contributed by atoms with Crippen molar-refractivity contribution in [1.82, 2.24) is 9.97 Å². The minimum Gasteiger partial charge on any atom is -0.399 e. The van der Waals surface area contributed by atoms with E-state index in [4.69, 9.17) is 11.0 Å². The second-order valence-electron chi connectivity index (χ2n) is 4.51. The maximum atomic E-state index is 8.93. The maximum Gasteiger partial charge on any atom is 0.171 e. The molecule has 0 amide bonds. The molecule has 4 nitrogen and oxygen atoms in total. The van der Waals surface area contributed by atoms with Crippen LogP contribution in [-0.4, -0.2) is 9.97 Å². The van der Waals surface area contributed by atoms with E-state index in [0.29, 0.717) is 11.3 Å². The minimum absolute atomic E-state index is 0.701. The third-order valence-corrected chi connectivity index (χ3v) is 3.89. The third kappa shape index (κ3) is 2.33. The van der Waals surface area contributed by atoms with Gasteiger partial charge in [-0.1, -0.05) is 11.8 Å². The van der Waals surface area contributed by atoms with Gasteiger partial charge < -0.3 is 10.7 Å². The van der Waals surface area contributed by atoms with Crippen LogP contribution in [-0.2, 0) is 0 Å². The van der Waals surface area contributed by atoms with E-state index in [1.165, 1.54) is 11.8 Å². The van der Waals surface area contributed by atoms with Gasteiger partial charge in [-0.3, -0.25) is 0 Å². The van der Waals surface area contributed by atoms with Crippen LogP contribution in [0.5, 0.6) is 0 Å². The molecule has 0 saturated carbocycles. The number of hydrogen-bond donors (Lipinski definition) is 2. The first-order valence-corrected chi connectivity index (χ1v) is 6.91. The summed E-state index contributed by atoms with van der Waals surface area (Å²) < 4.78 is 0. The molecule has 0 bridgehead atoms. The van der Waals surface area contributed by atoms with E-state index in [-0.39, 0.29) is 0 Å². The summed E-state index contributed by atoms with van der Waals surface area (Å²) in [6, 6.07) is 13.5. The highest BCUT2D eigenvalue weighted by Gasteiger charge is 2.06. The predicted octanol–water partition coefficient (Wildman–Crippen LogP) is 3.48. The number of aromatic nitrogens is 2. The Balaban J connectivity index is 1.93. The number of aryl methyl sites for hydroxylation is 1. The Morgan fingerprint density at radius 1 is 1.25 bits per heavy atom. The molecule has 1 aromatic heterocycles. The fourth-order valence-corrected chi connectivity index (χ4v) is 2.89. The van der Waals surface area contributed by atoms with Crippen LogP contribution in [0.1, 0.15) is 11.1 Å². The molecule has 3 aromatic rings. The van der Waals surface area contributed by atoms with Gasteiger partial charge in [0.15, 0.2) is 5.16 Å². The average Bonchev–Trinajstić information content (AvgIpc) is 2.80. The van der Waals surface area contributed by atoms with Crippen molar-refractivity contribution in [2.45, 2.75) is 17.0 Å². The zero-order valence-corrected chi connectivity index (χ0v) is 11.7. The Morgan fingerprint density at radius 3 is 2.85 bits per heavy atom. The summed E-state index contributed by atoms with van der Waals surface area (Å²) in [5.74, 6) is 0. The second-order valence-corrected chi connectivity index (χ2v) is 5.57. The number of nitriles is 1. The molecule has 0 fully saturated rings. The van der Waals surface area contributed by atoms with Gasteiger partial charge >= 0.3 is 0 Å². The highest BCUT2D eigenvalue weighted by Crippen LogP contribution is 2.29. The van der Waals surface area contributed by atoms with E-state index >= 15 is 0 Å². The summed E-state index contributed by atoms with van der Waals surface area (Å²) in [6.07, 6.45) is 0. The molecule has 0 radical (unpaired) electrons. The fraction of sp³-hybridized carbons (Fsp3) is 0.0667. The number of fused-ring (bicyclic) bond motifs is 1. The van der Waals surface area contributed by atoms with Gasteiger partial charge in [0, 0.05) is 10.6 Å². The van der Waals surface area contributed by atoms with Crippen LogP contribution in [0.25, 0.3) is 11.0 Å². The average molecular weight is 280 g/mol. The fourth-order valence-electron chi connectivity index (χ4n) is 1.99. The molecule has 0 spiro atoms. The molecule has 2 aromatic carbocycles. The van der Waals surface area contributed by atoms with Crippen LogP contribution < -0.4 is 5.73 Å². The first-order valence-electron chi connectivity index (χ1n) is 6.09. The summed E-state index contributed by atoms with van der Waals surface area (Å²) in [5, 5.41) is 9.75. The van der Waals surface area contributed by atoms with Crippen LogP contribution in [0.3, 0.4) is 0 Å². The van der Waals surface area contributed by atoms with Gasteiger partial charge in [-0.15, -0.1) is 0 Å². The number of anilines is 1. The van der Waals surface area contributed by atoms with Crippen molar-refractivity contribution in [3.63, 3.8) is 0 Å². The van der Waals surface area contributed by atoms with E-state index in [1.54, 1.807) is 0 Å². The molecule has 98 valence electrons. The lowest BCUT2D eigenvalue weighted by atomic mass is 10.1. The van der Waals surface area contributed by atoms with Crippen LogP contribution in [0, 0.1) is 18.3 Å². The number of rotatable bonds is 2. The van der Waals surface area contributed by atoms with Crippen molar-refractivity contribution < 1.29 is 0 Å². The highest BCUT2D eigenvalue weighted by molar-refractivity contribution is 7.99. The molecule has 20 heavy (non-hydrogen) atoms. The molecule has 0 aliphatic carbocycles. The molecule has 1 heterocycles. The highest BCUT2D eigenvalue weighted by atomic mass is 32.2. The van der Waals surface area contributed by atoms with Gasteiger partial charge in [0.25, 0.3) is 0 Å². The van der Waals surface area contributed by atoms with Gasteiger partial charge in [0.2, 0.25) is 0 Å². The van der Waals surface area contributed by atoms with Crippen molar-refractivity contribution in [1.29, 1.82) is 5.26 Å². The summed E-state index contributed by atoms with van der Waals surface area (Å²) >= 11 is 1.54. The number of H-pyrrole nitrogens is 1. The standard InChI is InChI=1S/C15H12N4S/c1-9-6-12(4-2-10(9)8-16)20-15-18-13-5-3-11(17)7-14(13)19-15/h2-7H,17H2,1H3,(H,18,19). The maximum absolute atomic E-state index is 8.93. The quantitative estimate of drug-likeness (QED) is 0.704. The number of imidazole rings is 1. The van der Waals surface area contributed by atoms with Crippen molar-refractivity contribution in [3.05, 3.63) is 47.5 Å². The normalized spacial score (nSPS) is 10.6. The molecule has 0 aliphatic rings. The Morgan fingerprint density at radius 2 is 2.10 bits per heavy atom. The molecule has 3 N–H and O–H groups in total. The van der Waals surface area contributed by atoms with Gasteiger partial charge in [0.1, 0.15) is 0 Å². The molecular weight excluding hydrogens is 268 g/mol. The Bertz CT molecular complexity index is 829. The number of hydrogen-bond acceptors (Lipinski definition) is 4. The summed E-state index contributed by atoms with van der Waals surface area (Å²) in [4.78, 5) is 8.80. The largest absolute Gasteiger partial charge is 0.399 e. The lowest BCUT2D eigenvalue weighted by Gasteiger charge is -2.01. The lowest BCUT2D eigenvalue weighted by Crippen LogP contribution is -1.83. The number of nitrogens with zero attached hydrogens (tertiary/aromatic N) is 2. The van der Waals surface area contributed by atoms with Crippen molar-refractivity contribution in [2.75, 3.05) is 5.73 Å². The van der Waals surface area contributed by atoms with E-state index in [2.05, 4.69) is 16.0 Å². The van der Waals surface area contributed by atoms with Gasteiger partial charge in [0.05, 0.1) is 22.7 Å². The van der Waals surface area contributed by atoms with Gasteiger partial charge in [-0.05, 0) is 48.9 Å². The smallest absolute Gasteiger partial charge is 0.171 e. The van der Waals surface area contributed by atoms with E-state index < -0.39 is 0 Å². The number of nitrogens with two attached hydrogens (primary N) is 1. The van der Waals surface area contributed by atoms with Crippen LogP contribution >= 0.6 is 11.8 Å². The van der Waals surface area contributed by atoms with Crippen LogP contribution in [0.2, 0.25) is 0 Å². The Labute approximate surface area is 120 Å². The van der Waals surface area contributed by atoms with Crippen molar-refractivity contribution in [2.24, 2.45) is 0 Å². The van der Waals surface area contributed by atoms with Gasteiger partial charge in [-0.25, -0.2) is 4.98 Å². The molecule has 0 aliphatic heterocycles. The Kier molecular flexibility index (Phi) is 3.09. The monoisotopic (exact) mass is 280 g/mol. The second kappa shape index (κ2) is 4.91. The Hall–Kier alpha value is -2.45. The van der Waals surface area contributed by atoms with Gasteiger partial charge in [-0.2, -0.15) is 5.26 Å². The van der Waals surface area contributed by atoms with Crippen LogP contribution in [0.4, 0.5) is 5.69 Å². The molecule has 0 saturated heterocycles. The molecule has 0 unspecified atom stereocenters. The van der Waals surface area contributed by atoms with Crippen molar-refractivity contribution in [3.8, 4) is 6.07 Å². The topological polar surface area (TPSA) is 78.5 Å². The van der Waals surface area contributed by atoms with E-state index in [9.17, 15) is 0 Å².